The molecule has 4 heterocycles. The largest absolute Gasteiger partial charge is 0.423 e. The molecule has 5 aromatic rings. The van der Waals surface area contributed by atoms with E-state index >= 15 is 0 Å². The summed E-state index contributed by atoms with van der Waals surface area (Å²) in [5.41, 5.74) is 5.34. The van der Waals surface area contributed by atoms with Crippen LogP contribution in [0.25, 0.3) is 28.0 Å². The Hall–Kier alpha value is -4.13. The maximum absolute atomic E-state index is 13.3. The normalized spacial score (nSPS) is 14.7. The molecule has 0 radical (unpaired) electrons. The molecule has 2 aromatic carbocycles. The molecular formula is C27H25N5O2. The number of para-hydroxylation sites is 2. The van der Waals surface area contributed by atoms with Crippen LogP contribution in [0, 0.1) is 12.8 Å². The molecule has 1 fully saturated rings. The lowest BCUT2D eigenvalue weighted by Crippen LogP contribution is -2.38. The van der Waals surface area contributed by atoms with Crippen LogP contribution in [-0.2, 0) is 4.79 Å². The van der Waals surface area contributed by atoms with Crippen molar-refractivity contribution in [3.8, 4) is 11.3 Å². The Balaban J connectivity index is 1.22. The van der Waals surface area contributed by atoms with Crippen LogP contribution >= 0.6 is 0 Å². The zero-order valence-corrected chi connectivity index (χ0v) is 18.9. The Morgan fingerprint density at radius 1 is 1.00 bits per heavy atom. The summed E-state index contributed by atoms with van der Waals surface area (Å²) in [6.07, 6.45) is 3.44. The maximum atomic E-state index is 13.3. The third-order valence-corrected chi connectivity index (χ3v) is 6.49. The molecule has 0 saturated carbocycles. The Kier molecular flexibility index (Phi) is 5.02. The number of nitrogens with zero attached hydrogens (tertiary/aromatic N) is 4. The highest BCUT2D eigenvalue weighted by atomic mass is 16.4. The van der Waals surface area contributed by atoms with Gasteiger partial charge in [-0.25, -0.2) is 4.98 Å². The van der Waals surface area contributed by atoms with Gasteiger partial charge >= 0.3 is 0 Å². The van der Waals surface area contributed by atoms with Gasteiger partial charge in [0.05, 0.1) is 0 Å². The maximum Gasteiger partial charge on any atom is 0.298 e. The molecule has 1 saturated heterocycles. The molecule has 0 unspecified atom stereocenters. The van der Waals surface area contributed by atoms with Gasteiger partial charge in [-0.05, 0) is 49.6 Å². The molecule has 6 rings (SSSR count). The van der Waals surface area contributed by atoms with Gasteiger partial charge in [0.15, 0.2) is 5.58 Å². The van der Waals surface area contributed by atoms with Gasteiger partial charge in [0.25, 0.3) is 6.01 Å². The highest BCUT2D eigenvalue weighted by Gasteiger charge is 2.28. The predicted molar refractivity (Wildman–Crippen MR) is 133 cm³/mol. The van der Waals surface area contributed by atoms with E-state index in [9.17, 15) is 4.79 Å². The van der Waals surface area contributed by atoms with E-state index in [0.717, 1.165) is 59.5 Å². The van der Waals surface area contributed by atoms with Gasteiger partial charge in [0.1, 0.15) is 22.7 Å². The molecule has 170 valence electrons. The standard InChI is InChI=1S/C27H25N5O2/c1-18-11-16-32-23(17-18)29-24(19-7-3-2-4-8-19)25(32)30-26(33)20-12-14-31(15-13-20)27-28-21-9-5-6-10-22(21)34-27/h2-11,16-17,20H,12-15H2,1H3,(H,30,33). The third kappa shape index (κ3) is 3.69. The van der Waals surface area contributed by atoms with E-state index in [1.54, 1.807) is 0 Å². The van der Waals surface area contributed by atoms with Crippen molar-refractivity contribution < 1.29 is 9.21 Å². The van der Waals surface area contributed by atoms with Crippen LogP contribution in [0.5, 0.6) is 0 Å². The Bertz CT molecular complexity index is 1450. The SMILES string of the molecule is Cc1ccn2c(NC(=O)C3CCN(c4nc5ccccc5o4)CC3)c(-c3ccccc3)nc2c1. The molecular weight excluding hydrogens is 426 g/mol. The summed E-state index contributed by atoms with van der Waals surface area (Å²) in [6, 6.07) is 22.4. The lowest BCUT2D eigenvalue weighted by atomic mass is 9.96. The number of benzene rings is 2. The second kappa shape index (κ2) is 8.33. The number of hydrogen-bond donors (Lipinski definition) is 1. The van der Waals surface area contributed by atoms with Crippen LogP contribution in [0.1, 0.15) is 18.4 Å². The first kappa shape index (κ1) is 20.5. The van der Waals surface area contributed by atoms with Crippen LogP contribution in [0.2, 0.25) is 0 Å². The molecule has 1 amide bonds. The van der Waals surface area contributed by atoms with Gasteiger partial charge in [-0.15, -0.1) is 0 Å². The van der Waals surface area contributed by atoms with Crippen LogP contribution in [0.4, 0.5) is 11.8 Å². The Morgan fingerprint density at radius 2 is 1.76 bits per heavy atom. The first-order chi connectivity index (χ1) is 16.7. The number of rotatable bonds is 4. The van der Waals surface area contributed by atoms with Gasteiger partial charge in [0, 0.05) is 30.8 Å². The number of anilines is 2. The Labute approximate surface area is 197 Å². The van der Waals surface area contributed by atoms with Crippen LogP contribution in [-0.4, -0.2) is 33.4 Å². The summed E-state index contributed by atoms with van der Waals surface area (Å²) in [6.45, 7) is 3.49. The van der Waals surface area contributed by atoms with Gasteiger partial charge in [0.2, 0.25) is 5.91 Å². The van der Waals surface area contributed by atoms with E-state index in [2.05, 4.69) is 15.2 Å². The molecule has 7 heteroatoms. The van der Waals surface area contributed by atoms with Gasteiger partial charge in [-0.2, -0.15) is 4.98 Å². The van der Waals surface area contributed by atoms with E-state index in [0.29, 0.717) is 11.8 Å². The molecule has 3 aromatic heterocycles. The average Bonchev–Trinajstić information content (AvgIpc) is 3.46. The number of imidazole rings is 1. The third-order valence-electron chi connectivity index (χ3n) is 6.49. The number of carbonyl (C=O) groups excluding carboxylic acids is 1. The number of nitrogens with one attached hydrogen (secondary N) is 1. The molecule has 0 spiro atoms. The fourth-order valence-electron chi connectivity index (χ4n) is 4.61. The summed E-state index contributed by atoms with van der Waals surface area (Å²) < 4.78 is 7.87. The number of aromatic nitrogens is 3. The van der Waals surface area contributed by atoms with E-state index in [1.165, 1.54) is 0 Å². The van der Waals surface area contributed by atoms with Crippen molar-refractivity contribution >= 4 is 34.5 Å². The van der Waals surface area contributed by atoms with Crippen molar-refractivity contribution in [3.05, 3.63) is 78.5 Å². The number of oxazole rings is 1. The van der Waals surface area contributed by atoms with Gasteiger partial charge in [-0.1, -0.05) is 42.5 Å². The zero-order valence-electron chi connectivity index (χ0n) is 18.9. The number of pyridine rings is 1. The highest BCUT2D eigenvalue weighted by molar-refractivity contribution is 5.96. The van der Waals surface area contributed by atoms with E-state index in [-0.39, 0.29) is 11.8 Å². The lowest BCUT2D eigenvalue weighted by molar-refractivity contribution is -0.120. The molecule has 0 aliphatic carbocycles. The minimum Gasteiger partial charge on any atom is -0.423 e. The molecule has 1 aliphatic heterocycles. The molecule has 1 N–H and O–H groups in total. The second-order valence-corrected chi connectivity index (χ2v) is 8.82. The minimum atomic E-state index is -0.0831. The van der Waals surface area contributed by atoms with Crippen molar-refractivity contribution in [1.82, 2.24) is 14.4 Å². The summed E-state index contributed by atoms with van der Waals surface area (Å²) in [4.78, 5) is 24.9. The minimum absolute atomic E-state index is 0.0248. The lowest BCUT2D eigenvalue weighted by Gasteiger charge is -2.30. The Morgan fingerprint density at radius 3 is 2.56 bits per heavy atom. The molecule has 0 bridgehead atoms. The number of hydrogen-bond acceptors (Lipinski definition) is 5. The van der Waals surface area contributed by atoms with Gasteiger partial charge < -0.3 is 14.6 Å². The van der Waals surface area contributed by atoms with Crippen molar-refractivity contribution in [2.45, 2.75) is 19.8 Å². The highest BCUT2D eigenvalue weighted by Crippen LogP contribution is 2.31. The van der Waals surface area contributed by atoms with Gasteiger partial charge in [-0.3, -0.25) is 9.20 Å². The summed E-state index contributed by atoms with van der Waals surface area (Å²) in [5, 5.41) is 3.20. The average molecular weight is 452 g/mol. The number of carbonyl (C=O) groups is 1. The summed E-state index contributed by atoms with van der Waals surface area (Å²) in [5.74, 6) is 0.657. The van der Waals surface area contributed by atoms with E-state index in [1.807, 2.05) is 84.3 Å². The number of amides is 1. The topological polar surface area (TPSA) is 75.7 Å². The summed E-state index contributed by atoms with van der Waals surface area (Å²) >= 11 is 0. The van der Waals surface area contributed by atoms with Crippen molar-refractivity contribution in [2.24, 2.45) is 5.92 Å². The monoisotopic (exact) mass is 451 g/mol. The fraction of sp³-hybridized carbons (Fsp3) is 0.222. The zero-order chi connectivity index (χ0) is 23.1. The smallest absolute Gasteiger partial charge is 0.298 e. The predicted octanol–water partition coefficient (Wildman–Crippen LogP) is 5.31. The fourth-order valence-corrected chi connectivity index (χ4v) is 4.61. The molecule has 0 atom stereocenters. The van der Waals surface area contributed by atoms with Crippen molar-refractivity contribution in [1.29, 1.82) is 0 Å². The summed E-state index contributed by atoms with van der Waals surface area (Å²) in [7, 11) is 0. The van der Waals surface area contributed by atoms with Crippen LogP contribution in [0.15, 0.2) is 77.3 Å². The first-order valence-corrected chi connectivity index (χ1v) is 11.6. The van der Waals surface area contributed by atoms with Crippen molar-refractivity contribution in [2.75, 3.05) is 23.3 Å². The second-order valence-electron chi connectivity index (χ2n) is 8.82. The number of piperidine rings is 1. The van der Waals surface area contributed by atoms with E-state index in [4.69, 9.17) is 9.40 Å². The van der Waals surface area contributed by atoms with Crippen molar-refractivity contribution in [3.63, 3.8) is 0 Å². The first-order valence-electron chi connectivity index (χ1n) is 11.6. The van der Waals surface area contributed by atoms with Crippen LogP contribution < -0.4 is 10.2 Å². The number of aryl methyl sites for hydroxylation is 1. The molecule has 1 aliphatic rings. The van der Waals surface area contributed by atoms with E-state index < -0.39 is 0 Å². The quantitative estimate of drug-likeness (QED) is 0.401. The molecule has 34 heavy (non-hydrogen) atoms. The van der Waals surface area contributed by atoms with Crippen LogP contribution in [0.3, 0.4) is 0 Å². The number of fused-ring (bicyclic) bond motifs is 2. The molecule has 7 nitrogen and oxygen atoms in total.